The molecule has 1 aliphatic heterocycles. The first-order valence-corrected chi connectivity index (χ1v) is 13.0. The molecule has 0 bridgehead atoms. The molecule has 0 saturated carbocycles. The Balaban J connectivity index is 1.42. The van der Waals surface area contributed by atoms with E-state index in [1.807, 2.05) is 0 Å². The summed E-state index contributed by atoms with van der Waals surface area (Å²) < 4.78 is 0. The third-order valence-corrected chi connectivity index (χ3v) is 8.72. The Hall–Kier alpha value is -2.55. The molecule has 4 aromatic rings. The van der Waals surface area contributed by atoms with Gasteiger partial charge in [-0.3, -0.25) is 0 Å². The van der Waals surface area contributed by atoms with Crippen LogP contribution >= 0.6 is 11.6 Å². The zero-order valence-electron chi connectivity index (χ0n) is 20.4. The summed E-state index contributed by atoms with van der Waals surface area (Å²) in [5.74, 6) is 0.270. The van der Waals surface area contributed by atoms with E-state index in [1.54, 1.807) is 0 Å². The van der Waals surface area contributed by atoms with Crippen molar-refractivity contribution in [2.24, 2.45) is 5.41 Å². The minimum atomic E-state index is -0.0441. The average Bonchev–Trinajstić information content (AvgIpc) is 2.84. The Kier molecular flexibility index (Phi) is 5.35. The minimum absolute atomic E-state index is 0.0441. The number of likely N-dealkylation sites (N-methyl/N-ethyl adjacent to an activating group) is 1. The molecule has 3 heteroatoms. The van der Waals surface area contributed by atoms with Crippen LogP contribution < -0.4 is 4.90 Å². The molecule has 2 atom stereocenters. The van der Waals surface area contributed by atoms with E-state index in [-0.39, 0.29) is 16.7 Å². The molecular formula is C31H33ClN2. The summed E-state index contributed by atoms with van der Waals surface area (Å²) in [4.78, 5) is 4.93. The molecule has 0 radical (unpaired) electrons. The molecular weight excluding hydrogens is 436 g/mol. The molecule has 0 N–H and O–H groups in total. The van der Waals surface area contributed by atoms with Gasteiger partial charge in [-0.2, -0.15) is 0 Å². The largest absolute Gasteiger partial charge is 0.369 e. The topological polar surface area (TPSA) is 6.48 Å². The molecule has 1 saturated heterocycles. The second-order valence-corrected chi connectivity index (χ2v) is 11.4. The summed E-state index contributed by atoms with van der Waals surface area (Å²) in [6.07, 6.45) is 1.03. The van der Waals surface area contributed by atoms with Gasteiger partial charge in [-0.15, -0.1) is 11.6 Å². The lowest BCUT2D eigenvalue weighted by molar-refractivity contribution is 0.258. The lowest BCUT2D eigenvalue weighted by atomic mass is 9.63. The molecule has 34 heavy (non-hydrogen) atoms. The van der Waals surface area contributed by atoms with E-state index in [1.165, 1.54) is 43.9 Å². The highest BCUT2D eigenvalue weighted by molar-refractivity contribution is 6.22. The number of alkyl halides is 1. The van der Waals surface area contributed by atoms with Crippen molar-refractivity contribution in [1.29, 1.82) is 0 Å². The quantitative estimate of drug-likeness (QED) is 0.223. The van der Waals surface area contributed by atoms with Crippen LogP contribution in [-0.4, -0.2) is 38.1 Å². The fourth-order valence-electron chi connectivity index (χ4n) is 6.36. The van der Waals surface area contributed by atoms with Crippen molar-refractivity contribution in [2.75, 3.05) is 38.1 Å². The number of halogens is 1. The SMILES string of the molecule is CN1CCN(c2cccc(C3C(Cl)c4ccc5c(ccc6ccccc65)c4CC3(C)C)c2)CC1. The summed E-state index contributed by atoms with van der Waals surface area (Å²) in [5.41, 5.74) is 5.49. The fraction of sp³-hybridized carbons (Fsp3) is 0.355. The first kappa shape index (κ1) is 21.9. The Morgan fingerprint density at radius 1 is 0.794 bits per heavy atom. The van der Waals surface area contributed by atoms with E-state index in [9.17, 15) is 0 Å². The molecule has 2 nitrogen and oxygen atoms in total. The van der Waals surface area contributed by atoms with Crippen molar-refractivity contribution in [3.05, 3.63) is 89.5 Å². The Morgan fingerprint density at radius 2 is 1.56 bits per heavy atom. The summed E-state index contributed by atoms with van der Waals surface area (Å²) in [5, 5.41) is 5.28. The zero-order valence-corrected chi connectivity index (χ0v) is 21.1. The second-order valence-electron chi connectivity index (χ2n) is 10.9. The number of rotatable bonds is 2. The van der Waals surface area contributed by atoms with Gasteiger partial charge in [-0.25, -0.2) is 0 Å². The van der Waals surface area contributed by atoms with Gasteiger partial charge in [0.05, 0.1) is 5.38 Å². The monoisotopic (exact) mass is 468 g/mol. The van der Waals surface area contributed by atoms with E-state index < -0.39 is 0 Å². The molecule has 1 aliphatic carbocycles. The van der Waals surface area contributed by atoms with E-state index in [4.69, 9.17) is 11.6 Å². The molecule has 0 amide bonds. The van der Waals surface area contributed by atoms with Crippen LogP contribution in [0.4, 0.5) is 5.69 Å². The van der Waals surface area contributed by atoms with Crippen molar-refractivity contribution in [2.45, 2.75) is 31.6 Å². The minimum Gasteiger partial charge on any atom is -0.369 e. The number of hydrogen-bond donors (Lipinski definition) is 0. The van der Waals surface area contributed by atoms with Crippen LogP contribution in [0.3, 0.4) is 0 Å². The Bertz CT molecular complexity index is 1370. The van der Waals surface area contributed by atoms with Crippen LogP contribution in [0.25, 0.3) is 21.5 Å². The van der Waals surface area contributed by atoms with Crippen LogP contribution in [0.1, 0.15) is 41.8 Å². The van der Waals surface area contributed by atoms with E-state index in [0.717, 1.165) is 32.6 Å². The molecule has 6 rings (SSSR count). The highest BCUT2D eigenvalue weighted by atomic mass is 35.5. The molecule has 2 unspecified atom stereocenters. The number of fused-ring (bicyclic) bond motifs is 5. The highest BCUT2D eigenvalue weighted by Crippen LogP contribution is 2.55. The Labute approximate surface area is 208 Å². The van der Waals surface area contributed by atoms with Gasteiger partial charge in [0, 0.05) is 37.8 Å². The van der Waals surface area contributed by atoms with Crippen molar-refractivity contribution in [1.82, 2.24) is 4.90 Å². The summed E-state index contributed by atoms with van der Waals surface area (Å²) in [6.45, 7) is 9.21. The van der Waals surface area contributed by atoms with Gasteiger partial charge in [0.15, 0.2) is 0 Å². The van der Waals surface area contributed by atoms with Crippen LogP contribution in [0.15, 0.2) is 72.8 Å². The zero-order chi connectivity index (χ0) is 23.4. The summed E-state index contributed by atoms with van der Waals surface area (Å²) >= 11 is 7.39. The van der Waals surface area contributed by atoms with Gasteiger partial charge in [-0.1, -0.05) is 74.5 Å². The first-order chi connectivity index (χ1) is 16.4. The smallest absolute Gasteiger partial charge is 0.0661 e. The van der Waals surface area contributed by atoms with Crippen LogP contribution in [0.5, 0.6) is 0 Å². The number of hydrogen-bond acceptors (Lipinski definition) is 2. The number of anilines is 1. The lowest BCUT2D eigenvalue weighted by Gasteiger charge is -2.44. The van der Waals surface area contributed by atoms with Gasteiger partial charge >= 0.3 is 0 Å². The molecule has 2 aliphatic rings. The van der Waals surface area contributed by atoms with Crippen LogP contribution in [0, 0.1) is 5.41 Å². The van der Waals surface area contributed by atoms with Crippen molar-refractivity contribution in [3.63, 3.8) is 0 Å². The summed E-state index contributed by atoms with van der Waals surface area (Å²) in [7, 11) is 2.21. The molecule has 1 heterocycles. The lowest BCUT2D eigenvalue weighted by Crippen LogP contribution is -2.44. The summed E-state index contributed by atoms with van der Waals surface area (Å²) in [6, 6.07) is 27.1. The van der Waals surface area contributed by atoms with E-state index >= 15 is 0 Å². The van der Waals surface area contributed by atoms with Crippen LogP contribution in [0.2, 0.25) is 0 Å². The molecule has 1 fully saturated rings. The third kappa shape index (κ3) is 3.59. The van der Waals surface area contributed by atoms with E-state index in [0.29, 0.717) is 0 Å². The third-order valence-electron chi connectivity index (χ3n) is 8.24. The fourth-order valence-corrected chi connectivity index (χ4v) is 7.06. The van der Waals surface area contributed by atoms with Crippen molar-refractivity contribution < 1.29 is 0 Å². The predicted octanol–water partition coefficient (Wildman–Crippen LogP) is 7.39. The van der Waals surface area contributed by atoms with Crippen LogP contribution in [-0.2, 0) is 6.42 Å². The van der Waals surface area contributed by atoms with Gasteiger partial charge in [0.25, 0.3) is 0 Å². The van der Waals surface area contributed by atoms with Gasteiger partial charge in [-0.05, 0) is 69.3 Å². The van der Waals surface area contributed by atoms with Crippen molar-refractivity contribution in [3.8, 4) is 0 Å². The normalized spacial score (nSPS) is 22.8. The maximum atomic E-state index is 7.39. The number of piperazine rings is 1. The standard InChI is InChI=1S/C31H33ClN2/c1-31(2)20-28-26-12-11-21-7-4-5-10-24(21)25(26)13-14-27(28)30(32)29(31)22-8-6-9-23(19-22)34-17-15-33(3)16-18-34/h4-14,19,29-30H,15-18,20H2,1-3H3. The molecule has 174 valence electrons. The van der Waals surface area contributed by atoms with E-state index in [2.05, 4.69) is 103 Å². The molecule has 0 aromatic heterocycles. The molecule has 0 spiro atoms. The second kappa shape index (κ2) is 8.29. The van der Waals surface area contributed by atoms with Gasteiger partial charge in [0.2, 0.25) is 0 Å². The highest BCUT2D eigenvalue weighted by Gasteiger charge is 2.42. The predicted molar refractivity (Wildman–Crippen MR) is 146 cm³/mol. The van der Waals surface area contributed by atoms with Crippen molar-refractivity contribution >= 4 is 38.8 Å². The maximum Gasteiger partial charge on any atom is 0.0661 e. The maximum absolute atomic E-state index is 7.39. The average molecular weight is 469 g/mol. The Morgan fingerprint density at radius 3 is 2.38 bits per heavy atom. The van der Waals surface area contributed by atoms with Gasteiger partial charge in [0.1, 0.15) is 0 Å². The van der Waals surface area contributed by atoms with Gasteiger partial charge < -0.3 is 9.80 Å². The number of nitrogens with zero attached hydrogens (tertiary/aromatic N) is 2. The first-order valence-electron chi connectivity index (χ1n) is 12.5. The molecule has 4 aromatic carbocycles. The number of benzene rings is 4.